The third-order valence-corrected chi connectivity index (χ3v) is 10.0. The van der Waals surface area contributed by atoms with Crippen LogP contribution in [0.4, 0.5) is 0 Å². The molecule has 0 aliphatic carbocycles. The summed E-state index contributed by atoms with van der Waals surface area (Å²) in [6.45, 7) is -2.78. The minimum atomic E-state index is -2.78. The van der Waals surface area contributed by atoms with Crippen molar-refractivity contribution < 1.29 is 14.3 Å². The number of esters is 1. The second kappa shape index (κ2) is 8.45. The first-order valence-corrected chi connectivity index (χ1v) is 12.3. The van der Waals surface area contributed by atoms with Gasteiger partial charge >= 0.3 is 5.97 Å². The minimum Gasteiger partial charge on any atom is -0.445 e. The van der Waals surface area contributed by atoms with E-state index in [-0.39, 0.29) is 11.1 Å². The average Bonchev–Trinajstić information content (AvgIpc) is 3.17. The summed E-state index contributed by atoms with van der Waals surface area (Å²) in [5.74, 6) is -0.792. The lowest BCUT2D eigenvalue weighted by Crippen LogP contribution is -2.34. The molecule has 1 aliphatic heterocycles. The van der Waals surface area contributed by atoms with E-state index in [0.717, 1.165) is 15.9 Å². The predicted molar refractivity (Wildman–Crippen MR) is 130 cm³/mol. The minimum absolute atomic E-state index is 0.245. The third-order valence-electron chi connectivity index (χ3n) is 5.76. The van der Waals surface area contributed by atoms with Gasteiger partial charge in [-0.15, -0.1) is 0 Å². The van der Waals surface area contributed by atoms with Gasteiger partial charge in [0.25, 0.3) is 0 Å². The molecule has 1 aliphatic rings. The number of ether oxygens (including phenoxy) is 1. The molecule has 4 aromatic rings. The van der Waals surface area contributed by atoms with Gasteiger partial charge < -0.3 is 4.74 Å². The fraction of sp³-hybridized carbons (Fsp3) is 0.0357. The summed E-state index contributed by atoms with van der Waals surface area (Å²) in [4.78, 5) is 27.4. The van der Waals surface area contributed by atoms with Crippen molar-refractivity contribution in [2.24, 2.45) is 0 Å². The number of rotatable bonds is 4. The molecule has 4 heteroatoms. The molecule has 156 valence electrons. The van der Waals surface area contributed by atoms with Crippen molar-refractivity contribution >= 4 is 39.8 Å². The van der Waals surface area contributed by atoms with Crippen LogP contribution in [0.5, 0.6) is 0 Å². The SMILES string of the molecule is O=C1OC(c2ccccc2)C(=O)C1=P(c1ccccc1)(c1ccccc1)c1ccccc1. The van der Waals surface area contributed by atoms with Crippen LogP contribution in [0.3, 0.4) is 0 Å². The van der Waals surface area contributed by atoms with Crippen LogP contribution in [0.1, 0.15) is 11.7 Å². The van der Waals surface area contributed by atoms with Crippen molar-refractivity contribution in [1.29, 1.82) is 0 Å². The Labute approximate surface area is 187 Å². The van der Waals surface area contributed by atoms with E-state index in [2.05, 4.69) is 0 Å². The molecule has 32 heavy (non-hydrogen) atoms. The quantitative estimate of drug-likeness (QED) is 0.359. The van der Waals surface area contributed by atoms with Crippen molar-refractivity contribution in [2.75, 3.05) is 0 Å². The molecular weight excluding hydrogens is 415 g/mol. The Morgan fingerprint density at radius 3 is 1.31 bits per heavy atom. The van der Waals surface area contributed by atoms with Crippen LogP contribution in [0, 0.1) is 0 Å². The highest BCUT2D eigenvalue weighted by Gasteiger charge is 2.46. The van der Waals surface area contributed by atoms with Crippen LogP contribution in [0.25, 0.3) is 0 Å². The molecule has 0 bridgehead atoms. The fourth-order valence-electron chi connectivity index (χ4n) is 4.38. The van der Waals surface area contributed by atoms with E-state index < -0.39 is 19.0 Å². The van der Waals surface area contributed by atoms with Gasteiger partial charge in [0, 0.05) is 5.56 Å². The zero-order valence-corrected chi connectivity index (χ0v) is 18.2. The van der Waals surface area contributed by atoms with Gasteiger partial charge in [0.1, 0.15) is 5.29 Å². The summed E-state index contributed by atoms with van der Waals surface area (Å²) in [6.07, 6.45) is -0.922. The van der Waals surface area contributed by atoms with Crippen LogP contribution in [-0.4, -0.2) is 17.0 Å². The zero-order chi connectivity index (χ0) is 22.0. The highest BCUT2D eigenvalue weighted by Crippen LogP contribution is 2.49. The second-order valence-electron chi connectivity index (χ2n) is 7.59. The third kappa shape index (κ3) is 3.23. The summed E-state index contributed by atoms with van der Waals surface area (Å²) in [6, 6.07) is 38.9. The van der Waals surface area contributed by atoms with Gasteiger partial charge in [-0.05, 0) is 22.8 Å². The Kier molecular flexibility index (Phi) is 5.34. The highest BCUT2D eigenvalue weighted by atomic mass is 31.2. The molecule has 4 aromatic carbocycles. The number of carbonyl (C=O) groups is 2. The molecule has 1 saturated heterocycles. The molecule has 0 spiro atoms. The first-order valence-electron chi connectivity index (χ1n) is 10.5. The second-order valence-corrected chi connectivity index (χ2v) is 10.9. The van der Waals surface area contributed by atoms with Crippen LogP contribution >= 0.6 is 6.89 Å². The summed E-state index contributed by atoms with van der Waals surface area (Å²) in [5, 5.41) is 3.10. The van der Waals surface area contributed by atoms with E-state index in [1.807, 2.05) is 121 Å². The van der Waals surface area contributed by atoms with E-state index in [1.165, 1.54) is 0 Å². The van der Waals surface area contributed by atoms with Gasteiger partial charge in [-0.3, -0.25) is 4.79 Å². The van der Waals surface area contributed by atoms with Crippen molar-refractivity contribution in [1.82, 2.24) is 0 Å². The molecule has 1 fully saturated rings. The smallest absolute Gasteiger partial charge is 0.344 e. The summed E-state index contributed by atoms with van der Waals surface area (Å²) in [7, 11) is 0. The largest absolute Gasteiger partial charge is 0.445 e. The maximum absolute atomic E-state index is 13.9. The molecule has 0 radical (unpaired) electrons. The predicted octanol–water partition coefficient (Wildman–Crippen LogP) is 4.02. The number of hydrogen-bond donors (Lipinski definition) is 0. The summed E-state index contributed by atoms with van der Waals surface area (Å²) < 4.78 is 5.75. The van der Waals surface area contributed by atoms with E-state index in [9.17, 15) is 9.59 Å². The number of carbonyl (C=O) groups excluding carboxylic acids is 2. The van der Waals surface area contributed by atoms with Gasteiger partial charge in [-0.1, -0.05) is 121 Å². The number of hydrogen-bond acceptors (Lipinski definition) is 3. The normalized spacial score (nSPS) is 16.1. The lowest BCUT2D eigenvalue weighted by molar-refractivity contribution is -0.140. The van der Waals surface area contributed by atoms with Crippen LogP contribution in [0.15, 0.2) is 121 Å². The molecule has 0 N–H and O–H groups in total. The standard InChI is InChI=1S/C28H21O3P/c29-25-26(21-13-5-1-6-14-21)31-28(30)27(25)32(22-15-7-2-8-16-22,23-17-9-3-10-18-23)24-19-11-4-12-20-24/h1-20,26H. The Hall–Kier alpha value is -3.68. The van der Waals surface area contributed by atoms with E-state index in [0.29, 0.717) is 5.56 Å². The molecule has 0 aromatic heterocycles. The molecule has 1 atom stereocenters. The van der Waals surface area contributed by atoms with Gasteiger partial charge in [0.15, 0.2) is 6.10 Å². The Morgan fingerprint density at radius 2 is 0.906 bits per heavy atom. The molecule has 0 saturated carbocycles. The average molecular weight is 436 g/mol. The fourth-order valence-corrected chi connectivity index (χ4v) is 8.68. The van der Waals surface area contributed by atoms with Crippen molar-refractivity contribution in [2.45, 2.75) is 6.10 Å². The first kappa shape index (κ1) is 20.2. The van der Waals surface area contributed by atoms with Crippen LogP contribution in [-0.2, 0) is 14.3 Å². The topological polar surface area (TPSA) is 43.4 Å². The van der Waals surface area contributed by atoms with Crippen molar-refractivity contribution in [3.05, 3.63) is 127 Å². The molecule has 0 amide bonds. The number of benzene rings is 4. The summed E-state index contributed by atoms with van der Waals surface area (Å²) in [5.41, 5.74) is 0.688. The Bertz CT molecular complexity index is 1210. The molecule has 1 heterocycles. The number of cyclic esters (lactones) is 1. The molecule has 1 unspecified atom stereocenters. The summed E-state index contributed by atoms with van der Waals surface area (Å²) >= 11 is 0. The van der Waals surface area contributed by atoms with E-state index >= 15 is 0 Å². The van der Waals surface area contributed by atoms with E-state index in [4.69, 9.17) is 4.74 Å². The van der Waals surface area contributed by atoms with E-state index in [1.54, 1.807) is 0 Å². The first-order chi connectivity index (χ1) is 15.7. The lowest BCUT2D eigenvalue weighted by Gasteiger charge is -2.29. The van der Waals surface area contributed by atoms with Gasteiger partial charge in [0.05, 0.1) is 0 Å². The maximum Gasteiger partial charge on any atom is 0.344 e. The molecular formula is C28H21O3P. The van der Waals surface area contributed by atoms with Crippen LogP contribution < -0.4 is 15.9 Å². The molecule has 3 nitrogen and oxygen atoms in total. The van der Waals surface area contributed by atoms with Crippen molar-refractivity contribution in [3.63, 3.8) is 0 Å². The van der Waals surface area contributed by atoms with Gasteiger partial charge in [0.2, 0.25) is 5.78 Å². The Balaban J connectivity index is 1.92. The highest BCUT2D eigenvalue weighted by molar-refractivity contribution is 7.97. The van der Waals surface area contributed by atoms with Gasteiger partial charge in [-0.25, -0.2) is 4.79 Å². The number of ketones is 1. The number of Topliss-reactive ketones (excluding diaryl/α,β-unsaturated/α-hetero) is 1. The maximum atomic E-state index is 13.9. The monoisotopic (exact) mass is 436 g/mol. The molecule has 5 rings (SSSR count). The zero-order valence-electron chi connectivity index (χ0n) is 17.3. The van der Waals surface area contributed by atoms with Crippen molar-refractivity contribution in [3.8, 4) is 0 Å². The Morgan fingerprint density at radius 1 is 0.531 bits per heavy atom. The van der Waals surface area contributed by atoms with Gasteiger partial charge in [-0.2, -0.15) is 0 Å². The van der Waals surface area contributed by atoms with Crippen LogP contribution in [0.2, 0.25) is 0 Å². The lowest BCUT2D eigenvalue weighted by atomic mass is 10.1.